The highest BCUT2D eigenvalue weighted by molar-refractivity contribution is 5.73. The van der Waals surface area contributed by atoms with Gasteiger partial charge < -0.3 is 14.5 Å². The van der Waals surface area contributed by atoms with Crippen LogP contribution in [0.4, 0.5) is 15.0 Å². The number of ether oxygens (including phenoxy) is 1. The van der Waals surface area contributed by atoms with E-state index >= 15 is 0 Å². The Morgan fingerprint density at radius 1 is 1.21 bits per heavy atom. The van der Waals surface area contributed by atoms with Crippen molar-refractivity contribution in [3.05, 3.63) is 35.9 Å². The maximum absolute atomic E-state index is 14.0. The van der Waals surface area contributed by atoms with Crippen molar-refractivity contribution >= 4 is 11.9 Å². The number of carbonyl (C=O) groups excluding carboxylic acids is 1. The topological polar surface area (TPSA) is 74.7 Å². The highest BCUT2D eigenvalue weighted by Gasteiger charge is 2.51. The molecule has 176 valence electrons. The van der Waals surface area contributed by atoms with Gasteiger partial charge in [-0.15, -0.1) is 0 Å². The lowest BCUT2D eigenvalue weighted by Gasteiger charge is -2.48. The molecule has 0 radical (unpaired) electrons. The molecule has 5 rings (SSSR count). The van der Waals surface area contributed by atoms with Gasteiger partial charge in [-0.3, -0.25) is 4.90 Å². The zero-order valence-electron chi connectivity index (χ0n) is 19.3. The first-order valence-electron chi connectivity index (χ1n) is 11.8. The number of piperazine rings is 1. The van der Waals surface area contributed by atoms with E-state index in [0.29, 0.717) is 23.9 Å². The smallest absolute Gasteiger partial charge is 0.409 e. The molecule has 1 atom stereocenters. The number of anilines is 1. The van der Waals surface area contributed by atoms with Gasteiger partial charge in [-0.25, -0.2) is 14.2 Å². The average Bonchev–Trinajstić information content (AvgIpc) is 3.25. The van der Waals surface area contributed by atoms with Gasteiger partial charge in [-0.1, -0.05) is 0 Å². The number of aryl methyl sites for hydroxylation is 1. The Morgan fingerprint density at radius 3 is 2.70 bits per heavy atom. The second kappa shape index (κ2) is 8.85. The lowest BCUT2D eigenvalue weighted by molar-refractivity contribution is -0.00294. The summed E-state index contributed by atoms with van der Waals surface area (Å²) in [5.41, 5.74) is 2.41. The highest BCUT2D eigenvalue weighted by Crippen LogP contribution is 2.47. The molecule has 8 nitrogen and oxygen atoms in total. The van der Waals surface area contributed by atoms with Crippen LogP contribution in [0.25, 0.3) is 11.3 Å². The number of halogens is 1. The van der Waals surface area contributed by atoms with Gasteiger partial charge in [0.25, 0.3) is 0 Å². The third-order valence-corrected chi connectivity index (χ3v) is 7.29. The average molecular weight is 455 g/mol. The van der Waals surface area contributed by atoms with Crippen molar-refractivity contribution in [2.75, 3.05) is 50.8 Å². The first-order valence-corrected chi connectivity index (χ1v) is 11.8. The number of hydrogen-bond donors (Lipinski definition) is 0. The van der Waals surface area contributed by atoms with Crippen LogP contribution in [0.3, 0.4) is 0 Å². The molecule has 1 saturated carbocycles. The molecule has 2 aromatic heterocycles. The second-order valence-corrected chi connectivity index (χ2v) is 9.56. The van der Waals surface area contributed by atoms with Gasteiger partial charge in [0.15, 0.2) is 0 Å². The molecule has 0 N–H and O–H groups in total. The Bertz CT molecular complexity index is 1000. The van der Waals surface area contributed by atoms with Gasteiger partial charge in [0.1, 0.15) is 11.6 Å². The van der Waals surface area contributed by atoms with E-state index < -0.39 is 0 Å². The predicted molar refractivity (Wildman–Crippen MR) is 122 cm³/mol. The van der Waals surface area contributed by atoms with Crippen molar-refractivity contribution < 1.29 is 13.9 Å². The standard InChI is InChI=1S/C24H31FN6O2/c1-3-33-23(32)31-15-24(16-31)7-6-19(13-24)29-8-10-30(11-9-29)22-20(12-18(25)14-26-22)21-5-4-17(2)27-28-21/h4-5,12,14,19H,3,6-11,13,15-16H2,1-2H3/t19-/m1/s1. The SMILES string of the molecule is CCOC(=O)N1CC2(CC[C@@H](N3CCN(c4ncc(F)cc4-c4ccc(C)nn4)CC3)C2)C1. The van der Waals surface area contributed by atoms with E-state index in [-0.39, 0.29) is 17.3 Å². The Labute approximate surface area is 193 Å². The monoisotopic (exact) mass is 454 g/mol. The van der Waals surface area contributed by atoms with Crippen LogP contribution < -0.4 is 4.90 Å². The van der Waals surface area contributed by atoms with E-state index in [2.05, 4.69) is 25.0 Å². The molecule has 0 aromatic carbocycles. The number of hydrogen-bond acceptors (Lipinski definition) is 7. The summed E-state index contributed by atoms with van der Waals surface area (Å²) < 4.78 is 19.1. The van der Waals surface area contributed by atoms with E-state index in [1.54, 1.807) is 0 Å². The minimum atomic E-state index is -0.372. The molecule has 0 unspecified atom stereocenters. The van der Waals surface area contributed by atoms with Crippen LogP contribution in [0, 0.1) is 18.2 Å². The lowest BCUT2D eigenvalue weighted by Crippen LogP contribution is -2.58. The number of likely N-dealkylation sites (tertiary alicyclic amines) is 1. The first kappa shape index (κ1) is 22.0. The Morgan fingerprint density at radius 2 is 2.00 bits per heavy atom. The molecule has 1 aliphatic carbocycles. The van der Waals surface area contributed by atoms with Gasteiger partial charge in [-0.05, 0) is 51.3 Å². The van der Waals surface area contributed by atoms with E-state index in [0.717, 1.165) is 57.2 Å². The van der Waals surface area contributed by atoms with Gasteiger partial charge in [0.2, 0.25) is 0 Å². The molecular formula is C24H31FN6O2. The van der Waals surface area contributed by atoms with Crippen molar-refractivity contribution in [1.29, 1.82) is 0 Å². The largest absolute Gasteiger partial charge is 0.450 e. The summed E-state index contributed by atoms with van der Waals surface area (Å²) in [6.07, 6.45) is 4.58. The van der Waals surface area contributed by atoms with Crippen LogP contribution in [-0.4, -0.2) is 83.0 Å². The molecule has 33 heavy (non-hydrogen) atoms. The van der Waals surface area contributed by atoms with E-state index in [9.17, 15) is 9.18 Å². The first-order chi connectivity index (χ1) is 16.0. The molecule has 2 aliphatic heterocycles. The Balaban J connectivity index is 1.20. The predicted octanol–water partition coefficient (Wildman–Crippen LogP) is 3.12. The number of rotatable bonds is 4. The number of pyridine rings is 1. The van der Waals surface area contributed by atoms with Crippen molar-refractivity contribution in [3.63, 3.8) is 0 Å². The molecule has 3 aliphatic rings. The third-order valence-electron chi connectivity index (χ3n) is 7.29. The number of carbonyl (C=O) groups is 1. The minimum absolute atomic E-state index is 0.180. The molecule has 2 saturated heterocycles. The summed E-state index contributed by atoms with van der Waals surface area (Å²) in [7, 11) is 0. The highest BCUT2D eigenvalue weighted by atomic mass is 19.1. The van der Waals surface area contributed by atoms with Crippen LogP contribution in [0.1, 0.15) is 31.9 Å². The van der Waals surface area contributed by atoms with Crippen molar-refractivity contribution in [3.8, 4) is 11.3 Å². The number of aromatic nitrogens is 3. The number of amides is 1. The summed E-state index contributed by atoms with van der Waals surface area (Å²) in [5.74, 6) is 0.393. The summed E-state index contributed by atoms with van der Waals surface area (Å²) in [6, 6.07) is 5.81. The van der Waals surface area contributed by atoms with Crippen molar-refractivity contribution in [1.82, 2.24) is 25.0 Å². The Hall–Kier alpha value is -2.81. The summed E-state index contributed by atoms with van der Waals surface area (Å²) in [6.45, 7) is 9.36. The van der Waals surface area contributed by atoms with Crippen LogP contribution in [-0.2, 0) is 4.74 Å². The maximum Gasteiger partial charge on any atom is 0.409 e. The van der Waals surface area contributed by atoms with Crippen LogP contribution in [0.15, 0.2) is 24.4 Å². The number of nitrogens with zero attached hydrogens (tertiary/aromatic N) is 6. The van der Waals surface area contributed by atoms with Gasteiger partial charge >= 0.3 is 6.09 Å². The van der Waals surface area contributed by atoms with Crippen LogP contribution in [0.5, 0.6) is 0 Å². The zero-order valence-corrected chi connectivity index (χ0v) is 19.3. The quantitative estimate of drug-likeness (QED) is 0.703. The van der Waals surface area contributed by atoms with Gasteiger partial charge in [-0.2, -0.15) is 10.2 Å². The Kier molecular flexibility index (Phi) is 5.90. The molecule has 9 heteroatoms. The summed E-state index contributed by atoms with van der Waals surface area (Å²) in [4.78, 5) is 23.0. The van der Waals surface area contributed by atoms with Gasteiger partial charge in [0.05, 0.1) is 24.2 Å². The molecule has 1 amide bonds. The van der Waals surface area contributed by atoms with E-state index in [1.807, 2.05) is 30.9 Å². The lowest BCUT2D eigenvalue weighted by atomic mass is 9.78. The molecule has 2 aromatic rings. The van der Waals surface area contributed by atoms with E-state index in [4.69, 9.17) is 4.74 Å². The summed E-state index contributed by atoms with van der Waals surface area (Å²) in [5, 5.41) is 8.38. The van der Waals surface area contributed by atoms with Crippen molar-refractivity contribution in [2.45, 2.75) is 39.2 Å². The maximum atomic E-state index is 14.0. The summed E-state index contributed by atoms with van der Waals surface area (Å²) >= 11 is 0. The molecule has 1 spiro atoms. The van der Waals surface area contributed by atoms with Crippen molar-refractivity contribution in [2.24, 2.45) is 5.41 Å². The van der Waals surface area contributed by atoms with Gasteiger partial charge in [0, 0.05) is 56.3 Å². The molecule has 3 fully saturated rings. The normalized spacial score (nSPS) is 22.5. The molecule has 4 heterocycles. The fourth-order valence-corrected chi connectivity index (χ4v) is 5.60. The van der Waals surface area contributed by atoms with E-state index in [1.165, 1.54) is 25.1 Å². The van der Waals surface area contributed by atoms with Crippen LogP contribution >= 0.6 is 0 Å². The van der Waals surface area contributed by atoms with Crippen LogP contribution in [0.2, 0.25) is 0 Å². The second-order valence-electron chi connectivity index (χ2n) is 9.56. The third kappa shape index (κ3) is 4.38. The fourth-order valence-electron chi connectivity index (χ4n) is 5.60. The molecule has 0 bridgehead atoms. The minimum Gasteiger partial charge on any atom is -0.450 e. The molecular weight excluding hydrogens is 423 g/mol. The fraction of sp³-hybridized carbons (Fsp3) is 0.583. The zero-order chi connectivity index (χ0) is 23.0.